The van der Waals surface area contributed by atoms with Crippen LogP contribution in [0.4, 0.5) is 10.1 Å². The number of benzene rings is 2. The van der Waals surface area contributed by atoms with E-state index in [4.69, 9.17) is 11.6 Å². The van der Waals surface area contributed by atoms with Crippen LogP contribution in [0.3, 0.4) is 0 Å². The van der Waals surface area contributed by atoms with Gasteiger partial charge in [0.2, 0.25) is 0 Å². The van der Waals surface area contributed by atoms with Crippen LogP contribution in [0.5, 0.6) is 0 Å². The molecule has 0 aliphatic heterocycles. The molecule has 0 aliphatic carbocycles. The molecule has 0 unspecified atom stereocenters. The van der Waals surface area contributed by atoms with Crippen molar-refractivity contribution >= 4 is 17.3 Å². The van der Waals surface area contributed by atoms with Gasteiger partial charge in [-0.05, 0) is 48.7 Å². The molecule has 0 fully saturated rings. The first-order chi connectivity index (χ1) is 8.56. The molecule has 0 bridgehead atoms. The summed E-state index contributed by atoms with van der Waals surface area (Å²) in [6.07, 6.45) is 0. The predicted molar refractivity (Wildman–Crippen MR) is 74.7 cm³/mol. The van der Waals surface area contributed by atoms with Crippen molar-refractivity contribution in [3.8, 4) is 0 Å². The summed E-state index contributed by atoms with van der Waals surface area (Å²) < 4.78 is 13.5. The highest BCUT2D eigenvalue weighted by molar-refractivity contribution is 6.30. The SMILES string of the molecule is Cc1ccc(CNc2ccc(Cl)cc2F)cc1C. The highest BCUT2D eigenvalue weighted by atomic mass is 35.5. The van der Waals surface area contributed by atoms with E-state index in [1.165, 1.54) is 17.2 Å². The molecule has 0 saturated heterocycles. The second-order valence-electron chi connectivity index (χ2n) is 4.40. The number of anilines is 1. The third kappa shape index (κ3) is 3.02. The molecule has 1 nitrogen and oxygen atoms in total. The molecule has 0 heterocycles. The average molecular weight is 264 g/mol. The molecule has 1 N–H and O–H groups in total. The molecule has 18 heavy (non-hydrogen) atoms. The van der Waals surface area contributed by atoms with Gasteiger partial charge in [0.1, 0.15) is 5.82 Å². The van der Waals surface area contributed by atoms with Gasteiger partial charge in [-0.1, -0.05) is 29.8 Å². The Morgan fingerprint density at radius 1 is 1.06 bits per heavy atom. The molecule has 3 heteroatoms. The highest BCUT2D eigenvalue weighted by Crippen LogP contribution is 2.20. The molecule has 94 valence electrons. The number of rotatable bonds is 3. The zero-order valence-corrected chi connectivity index (χ0v) is 11.2. The molecular formula is C15H15ClFN. The number of halogens is 2. The van der Waals surface area contributed by atoms with Crippen molar-refractivity contribution in [2.24, 2.45) is 0 Å². The molecular weight excluding hydrogens is 249 g/mol. The van der Waals surface area contributed by atoms with Crippen molar-refractivity contribution < 1.29 is 4.39 Å². The van der Waals surface area contributed by atoms with Gasteiger partial charge in [-0.25, -0.2) is 4.39 Å². The van der Waals surface area contributed by atoms with Gasteiger partial charge in [-0.3, -0.25) is 0 Å². The Morgan fingerprint density at radius 3 is 2.50 bits per heavy atom. The maximum atomic E-state index is 13.5. The fourth-order valence-electron chi connectivity index (χ4n) is 1.74. The van der Waals surface area contributed by atoms with Crippen molar-refractivity contribution in [1.29, 1.82) is 0 Å². The molecule has 0 amide bonds. The van der Waals surface area contributed by atoms with Crippen molar-refractivity contribution in [2.45, 2.75) is 20.4 Å². The first-order valence-corrected chi connectivity index (χ1v) is 6.19. The second-order valence-corrected chi connectivity index (χ2v) is 4.83. The summed E-state index contributed by atoms with van der Waals surface area (Å²) in [5.41, 5.74) is 4.10. The van der Waals surface area contributed by atoms with Gasteiger partial charge in [0.25, 0.3) is 0 Å². The van der Waals surface area contributed by atoms with Gasteiger partial charge in [0.15, 0.2) is 0 Å². The minimum atomic E-state index is -0.327. The minimum Gasteiger partial charge on any atom is -0.379 e. The second kappa shape index (κ2) is 5.40. The molecule has 2 rings (SSSR count). The van der Waals surface area contributed by atoms with E-state index in [1.54, 1.807) is 12.1 Å². The highest BCUT2D eigenvalue weighted by Gasteiger charge is 2.03. The molecule has 2 aromatic carbocycles. The van der Waals surface area contributed by atoms with Crippen LogP contribution in [0.2, 0.25) is 5.02 Å². The topological polar surface area (TPSA) is 12.0 Å². The van der Waals surface area contributed by atoms with Crippen LogP contribution in [0.15, 0.2) is 36.4 Å². The molecule has 0 spiro atoms. The fraction of sp³-hybridized carbons (Fsp3) is 0.200. The van der Waals surface area contributed by atoms with Crippen molar-refractivity contribution in [3.63, 3.8) is 0 Å². The van der Waals surface area contributed by atoms with Gasteiger partial charge >= 0.3 is 0 Å². The van der Waals surface area contributed by atoms with Crippen LogP contribution in [-0.2, 0) is 6.54 Å². The van der Waals surface area contributed by atoms with Crippen LogP contribution in [-0.4, -0.2) is 0 Å². The summed E-state index contributed by atoms with van der Waals surface area (Å²) in [5.74, 6) is -0.327. The summed E-state index contributed by atoms with van der Waals surface area (Å²) in [6.45, 7) is 4.74. The Morgan fingerprint density at radius 2 is 1.83 bits per heavy atom. The van der Waals surface area contributed by atoms with Gasteiger partial charge in [0, 0.05) is 11.6 Å². The van der Waals surface area contributed by atoms with Gasteiger partial charge in [0.05, 0.1) is 5.69 Å². The van der Waals surface area contributed by atoms with E-state index in [1.807, 2.05) is 6.07 Å². The van der Waals surface area contributed by atoms with Crippen molar-refractivity contribution in [3.05, 3.63) is 63.9 Å². The van der Waals surface area contributed by atoms with E-state index >= 15 is 0 Å². The molecule has 0 radical (unpaired) electrons. The van der Waals surface area contributed by atoms with E-state index in [2.05, 4.69) is 31.3 Å². The number of hydrogen-bond donors (Lipinski definition) is 1. The van der Waals surface area contributed by atoms with E-state index in [-0.39, 0.29) is 5.82 Å². The molecule has 0 aliphatic rings. The molecule has 2 aromatic rings. The van der Waals surface area contributed by atoms with E-state index in [0.717, 1.165) is 5.56 Å². The Hall–Kier alpha value is -1.54. The summed E-state index contributed by atoms with van der Waals surface area (Å²) in [5, 5.41) is 3.48. The van der Waals surface area contributed by atoms with E-state index in [0.29, 0.717) is 17.3 Å². The van der Waals surface area contributed by atoms with Gasteiger partial charge in [-0.2, -0.15) is 0 Å². The van der Waals surface area contributed by atoms with Crippen LogP contribution in [0.25, 0.3) is 0 Å². The molecule has 0 aromatic heterocycles. The number of nitrogens with one attached hydrogen (secondary N) is 1. The lowest BCUT2D eigenvalue weighted by Gasteiger charge is -2.09. The summed E-state index contributed by atoms with van der Waals surface area (Å²) in [6, 6.07) is 10.9. The average Bonchev–Trinajstić information content (AvgIpc) is 2.32. The van der Waals surface area contributed by atoms with E-state index in [9.17, 15) is 4.39 Å². The molecule has 0 saturated carbocycles. The normalized spacial score (nSPS) is 10.4. The monoisotopic (exact) mass is 263 g/mol. The molecule has 0 atom stereocenters. The smallest absolute Gasteiger partial charge is 0.147 e. The largest absolute Gasteiger partial charge is 0.379 e. The Kier molecular flexibility index (Phi) is 3.87. The van der Waals surface area contributed by atoms with Crippen LogP contribution in [0.1, 0.15) is 16.7 Å². The number of aryl methyl sites for hydroxylation is 2. The Balaban J connectivity index is 2.09. The summed E-state index contributed by atoms with van der Waals surface area (Å²) in [7, 11) is 0. The standard InChI is InChI=1S/C15H15ClFN/c1-10-3-4-12(7-11(10)2)9-18-15-6-5-13(16)8-14(15)17/h3-8,18H,9H2,1-2H3. The van der Waals surface area contributed by atoms with Crippen LogP contribution < -0.4 is 5.32 Å². The van der Waals surface area contributed by atoms with Gasteiger partial charge < -0.3 is 5.32 Å². The Labute approximate surface area is 112 Å². The maximum absolute atomic E-state index is 13.5. The lowest BCUT2D eigenvalue weighted by atomic mass is 10.1. The van der Waals surface area contributed by atoms with Crippen molar-refractivity contribution in [1.82, 2.24) is 0 Å². The lowest BCUT2D eigenvalue weighted by molar-refractivity contribution is 0.630. The lowest BCUT2D eigenvalue weighted by Crippen LogP contribution is -2.01. The van der Waals surface area contributed by atoms with E-state index < -0.39 is 0 Å². The minimum absolute atomic E-state index is 0.327. The predicted octanol–water partition coefficient (Wildman–Crippen LogP) is 4.71. The van der Waals surface area contributed by atoms with Crippen LogP contribution in [0, 0.1) is 19.7 Å². The zero-order valence-electron chi connectivity index (χ0n) is 10.4. The number of hydrogen-bond acceptors (Lipinski definition) is 1. The van der Waals surface area contributed by atoms with Gasteiger partial charge in [-0.15, -0.1) is 0 Å². The maximum Gasteiger partial charge on any atom is 0.147 e. The first kappa shape index (κ1) is 12.9. The Bertz CT molecular complexity index is 566. The first-order valence-electron chi connectivity index (χ1n) is 5.81. The summed E-state index contributed by atoms with van der Waals surface area (Å²) in [4.78, 5) is 0. The third-order valence-electron chi connectivity index (χ3n) is 2.99. The van der Waals surface area contributed by atoms with Crippen molar-refractivity contribution in [2.75, 3.05) is 5.32 Å². The summed E-state index contributed by atoms with van der Waals surface area (Å²) >= 11 is 5.70. The van der Waals surface area contributed by atoms with Crippen LogP contribution >= 0.6 is 11.6 Å². The zero-order chi connectivity index (χ0) is 13.1. The quantitative estimate of drug-likeness (QED) is 0.846. The fourth-order valence-corrected chi connectivity index (χ4v) is 1.90. The third-order valence-corrected chi connectivity index (χ3v) is 3.22.